The van der Waals surface area contributed by atoms with E-state index in [1.54, 1.807) is 0 Å². The third-order valence-electron chi connectivity index (χ3n) is 6.21. The normalized spacial score (nSPS) is 18.7. The standard InChI is InChI=1S/C25H26N4O/c1-2-26-25(30)21-9-10-22(15-21)29-24(12-14-28-29)19-6-3-17(4-7-19)20-8-5-18-11-13-27-23(18)16-20/h3-8,11-14,16,21-22,27H,2,9-10,15H2,1H3,(H,26,30)/t21-,22+/m0/s1. The lowest BCUT2D eigenvalue weighted by Crippen LogP contribution is -2.29. The van der Waals surface area contributed by atoms with Gasteiger partial charge in [0.05, 0.1) is 11.7 Å². The van der Waals surface area contributed by atoms with Crippen LogP contribution < -0.4 is 5.32 Å². The summed E-state index contributed by atoms with van der Waals surface area (Å²) in [5.41, 5.74) is 5.81. The molecule has 2 heterocycles. The number of fused-ring (bicyclic) bond motifs is 1. The Labute approximate surface area is 176 Å². The van der Waals surface area contributed by atoms with E-state index in [1.807, 2.05) is 19.3 Å². The summed E-state index contributed by atoms with van der Waals surface area (Å²) in [5, 5.41) is 8.79. The molecule has 0 unspecified atom stereocenters. The van der Waals surface area contributed by atoms with Crippen molar-refractivity contribution in [1.82, 2.24) is 20.1 Å². The SMILES string of the molecule is CCNC(=O)[C@H]1CC[C@@H](n2nccc2-c2ccc(-c3ccc4cc[nH]c4c3)cc2)C1. The number of nitrogens with zero attached hydrogens (tertiary/aromatic N) is 2. The summed E-state index contributed by atoms with van der Waals surface area (Å²) in [4.78, 5) is 15.5. The zero-order chi connectivity index (χ0) is 20.5. The highest BCUT2D eigenvalue weighted by Crippen LogP contribution is 2.37. The van der Waals surface area contributed by atoms with Crippen molar-refractivity contribution >= 4 is 16.8 Å². The van der Waals surface area contributed by atoms with Gasteiger partial charge in [0.25, 0.3) is 0 Å². The van der Waals surface area contributed by atoms with Crippen LogP contribution in [0.4, 0.5) is 0 Å². The number of carbonyl (C=O) groups is 1. The van der Waals surface area contributed by atoms with Gasteiger partial charge in [0.15, 0.2) is 0 Å². The lowest BCUT2D eigenvalue weighted by atomic mass is 10.0. The van der Waals surface area contributed by atoms with Crippen molar-refractivity contribution in [3.05, 3.63) is 67.0 Å². The van der Waals surface area contributed by atoms with E-state index in [0.29, 0.717) is 6.54 Å². The third kappa shape index (κ3) is 3.41. The first-order valence-electron chi connectivity index (χ1n) is 10.7. The van der Waals surface area contributed by atoms with Crippen molar-refractivity contribution in [3.8, 4) is 22.4 Å². The fraction of sp³-hybridized carbons (Fsp3) is 0.280. The average Bonchev–Trinajstić information content (AvgIpc) is 3.53. The van der Waals surface area contributed by atoms with Crippen LogP contribution in [0.15, 0.2) is 67.0 Å². The summed E-state index contributed by atoms with van der Waals surface area (Å²) in [7, 11) is 0. The molecular formula is C25H26N4O. The molecule has 5 rings (SSSR count). The van der Waals surface area contributed by atoms with E-state index in [9.17, 15) is 4.79 Å². The molecule has 0 saturated heterocycles. The number of nitrogens with one attached hydrogen (secondary N) is 2. The quantitative estimate of drug-likeness (QED) is 0.487. The van der Waals surface area contributed by atoms with E-state index in [0.717, 1.165) is 36.0 Å². The summed E-state index contributed by atoms with van der Waals surface area (Å²) in [6, 6.07) is 19.6. The third-order valence-corrected chi connectivity index (χ3v) is 6.21. The smallest absolute Gasteiger partial charge is 0.223 e. The molecule has 2 atom stereocenters. The number of aromatic nitrogens is 3. The molecule has 0 radical (unpaired) electrons. The minimum absolute atomic E-state index is 0.0947. The van der Waals surface area contributed by atoms with Crippen molar-refractivity contribution < 1.29 is 4.79 Å². The van der Waals surface area contributed by atoms with Crippen LogP contribution in [0.3, 0.4) is 0 Å². The summed E-state index contributed by atoms with van der Waals surface area (Å²) >= 11 is 0. The monoisotopic (exact) mass is 398 g/mol. The second-order valence-electron chi connectivity index (χ2n) is 8.08. The van der Waals surface area contributed by atoms with Crippen LogP contribution in [-0.2, 0) is 4.79 Å². The maximum Gasteiger partial charge on any atom is 0.223 e. The van der Waals surface area contributed by atoms with Crippen molar-refractivity contribution in [2.75, 3.05) is 6.54 Å². The number of amides is 1. The molecule has 5 heteroatoms. The summed E-state index contributed by atoms with van der Waals surface area (Å²) in [6.45, 7) is 2.66. The van der Waals surface area contributed by atoms with Crippen LogP contribution in [0.1, 0.15) is 32.2 Å². The first-order chi connectivity index (χ1) is 14.7. The Balaban J connectivity index is 1.37. The van der Waals surface area contributed by atoms with Crippen LogP contribution in [0.2, 0.25) is 0 Å². The number of hydrogen-bond acceptors (Lipinski definition) is 2. The number of rotatable bonds is 5. The second-order valence-corrected chi connectivity index (χ2v) is 8.08. The maximum absolute atomic E-state index is 12.2. The summed E-state index contributed by atoms with van der Waals surface area (Å²) < 4.78 is 2.11. The molecular weight excluding hydrogens is 372 g/mol. The molecule has 1 fully saturated rings. The van der Waals surface area contributed by atoms with Crippen molar-refractivity contribution in [2.45, 2.75) is 32.2 Å². The van der Waals surface area contributed by atoms with Crippen molar-refractivity contribution in [3.63, 3.8) is 0 Å². The van der Waals surface area contributed by atoms with E-state index in [4.69, 9.17) is 0 Å². The lowest BCUT2D eigenvalue weighted by Gasteiger charge is -2.16. The lowest BCUT2D eigenvalue weighted by molar-refractivity contribution is -0.124. The first kappa shape index (κ1) is 18.7. The Morgan fingerprint density at radius 2 is 1.87 bits per heavy atom. The summed E-state index contributed by atoms with van der Waals surface area (Å²) in [6.07, 6.45) is 6.61. The molecule has 1 amide bonds. The van der Waals surface area contributed by atoms with Gasteiger partial charge in [-0.25, -0.2) is 0 Å². The van der Waals surface area contributed by atoms with Crippen LogP contribution in [-0.4, -0.2) is 27.2 Å². The minimum atomic E-state index is 0.0947. The van der Waals surface area contributed by atoms with Crippen LogP contribution >= 0.6 is 0 Å². The molecule has 4 aromatic rings. The largest absolute Gasteiger partial charge is 0.361 e. The number of hydrogen-bond donors (Lipinski definition) is 2. The Hall–Kier alpha value is -3.34. The van der Waals surface area contributed by atoms with E-state index in [2.05, 4.69) is 74.7 Å². The molecule has 0 bridgehead atoms. The van der Waals surface area contributed by atoms with Gasteiger partial charge in [0.1, 0.15) is 0 Å². The number of aromatic amines is 1. The minimum Gasteiger partial charge on any atom is -0.361 e. The predicted molar refractivity (Wildman–Crippen MR) is 120 cm³/mol. The van der Waals surface area contributed by atoms with Crippen molar-refractivity contribution in [2.24, 2.45) is 5.92 Å². The molecule has 5 nitrogen and oxygen atoms in total. The zero-order valence-corrected chi connectivity index (χ0v) is 17.1. The second kappa shape index (κ2) is 7.82. The molecule has 2 N–H and O–H groups in total. The van der Waals surface area contributed by atoms with Gasteiger partial charge in [0, 0.05) is 30.4 Å². The highest BCUT2D eigenvalue weighted by Gasteiger charge is 2.32. The van der Waals surface area contributed by atoms with Gasteiger partial charge in [0.2, 0.25) is 5.91 Å². The van der Waals surface area contributed by atoms with Gasteiger partial charge in [-0.3, -0.25) is 9.48 Å². The van der Waals surface area contributed by atoms with Gasteiger partial charge in [-0.15, -0.1) is 0 Å². The molecule has 2 aromatic heterocycles. The molecule has 152 valence electrons. The molecule has 1 aliphatic carbocycles. The molecule has 30 heavy (non-hydrogen) atoms. The molecule has 2 aromatic carbocycles. The number of H-pyrrole nitrogens is 1. The fourth-order valence-corrected chi connectivity index (χ4v) is 4.63. The van der Waals surface area contributed by atoms with Crippen LogP contribution in [0.25, 0.3) is 33.3 Å². The van der Waals surface area contributed by atoms with Gasteiger partial charge >= 0.3 is 0 Å². The number of benzene rings is 2. The first-order valence-corrected chi connectivity index (χ1v) is 10.7. The van der Waals surface area contributed by atoms with E-state index >= 15 is 0 Å². The number of carbonyl (C=O) groups excluding carboxylic acids is 1. The predicted octanol–water partition coefficient (Wildman–Crippen LogP) is 5.18. The Bertz CT molecular complexity index is 1170. The summed E-state index contributed by atoms with van der Waals surface area (Å²) in [5.74, 6) is 0.273. The Morgan fingerprint density at radius 3 is 2.70 bits per heavy atom. The average molecular weight is 399 g/mol. The molecule has 1 aliphatic rings. The van der Waals surface area contributed by atoms with Crippen LogP contribution in [0, 0.1) is 5.92 Å². The molecule has 0 aliphatic heterocycles. The fourth-order valence-electron chi connectivity index (χ4n) is 4.63. The van der Waals surface area contributed by atoms with E-state index < -0.39 is 0 Å². The van der Waals surface area contributed by atoms with Gasteiger partial charge < -0.3 is 10.3 Å². The molecule has 1 saturated carbocycles. The highest BCUT2D eigenvalue weighted by atomic mass is 16.1. The van der Waals surface area contributed by atoms with Gasteiger partial charge in [-0.1, -0.05) is 36.4 Å². The van der Waals surface area contributed by atoms with Gasteiger partial charge in [-0.2, -0.15) is 5.10 Å². The van der Waals surface area contributed by atoms with Crippen molar-refractivity contribution in [1.29, 1.82) is 0 Å². The maximum atomic E-state index is 12.2. The van der Waals surface area contributed by atoms with E-state index in [1.165, 1.54) is 16.5 Å². The Kier molecular flexibility index (Phi) is 4.87. The zero-order valence-electron chi connectivity index (χ0n) is 17.1. The topological polar surface area (TPSA) is 62.7 Å². The van der Waals surface area contributed by atoms with E-state index in [-0.39, 0.29) is 17.9 Å². The highest BCUT2D eigenvalue weighted by molar-refractivity contribution is 5.85. The molecule has 0 spiro atoms. The van der Waals surface area contributed by atoms with Crippen LogP contribution in [0.5, 0.6) is 0 Å². The van der Waals surface area contributed by atoms with Gasteiger partial charge in [-0.05, 0) is 66.5 Å². The Morgan fingerprint density at radius 1 is 1.07 bits per heavy atom.